The SMILES string of the molecule is Nc1c(Cl)cc(C(=O)O)c(F)c1F.Nc1ccc(C(=O)O)c(F)c1F.O=C(O)c1cc(Cl)c(Br)c(F)c1F. The van der Waals surface area contributed by atoms with Crippen molar-refractivity contribution in [3.8, 4) is 0 Å². The first-order valence-corrected chi connectivity index (χ1v) is 10.7. The van der Waals surface area contributed by atoms with Crippen molar-refractivity contribution >= 4 is 68.4 Å². The van der Waals surface area contributed by atoms with Crippen LogP contribution in [-0.2, 0) is 0 Å². The highest BCUT2D eigenvalue weighted by Crippen LogP contribution is 2.29. The molecule has 0 radical (unpaired) electrons. The van der Waals surface area contributed by atoms with E-state index in [0.717, 1.165) is 24.3 Å². The average Bonchev–Trinajstić information content (AvgIpc) is 2.84. The van der Waals surface area contributed by atoms with Gasteiger partial charge in [0.25, 0.3) is 0 Å². The molecule has 0 saturated heterocycles. The highest BCUT2D eigenvalue weighted by Gasteiger charge is 2.21. The van der Waals surface area contributed by atoms with Gasteiger partial charge in [0.1, 0.15) is 0 Å². The lowest BCUT2D eigenvalue weighted by Crippen LogP contribution is -2.05. The van der Waals surface area contributed by atoms with Crippen LogP contribution in [0.1, 0.15) is 31.1 Å². The van der Waals surface area contributed by atoms with E-state index in [4.69, 9.17) is 50.0 Å². The molecule has 0 unspecified atom stereocenters. The molecule has 0 aliphatic heterocycles. The van der Waals surface area contributed by atoms with E-state index in [-0.39, 0.29) is 14.5 Å². The standard InChI is InChI=1S/C7H2BrClF2O2.C7H4ClF2NO2.C7H5F2NO2/c8-4-3(9)1-2(7(12)13)5(10)6(4)11;8-3-1-2(7(12)13)4(9)5(10)6(3)11;8-5-3(7(11)12)1-2-4(10)6(5)9/h1H,(H,12,13);1H,11H2,(H,12,13);1-2H,10H2,(H,11,12). The zero-order valence-corrected chi connectivity index (χ0v) is 21.0. The molecule has 8 nitrogen and oxygen atoms in total. The first-order chi connectivity index (χ1) is 17.4. The van der Waals surface area contributed by atoms with E-state index in [1.165, 1.54) is 0 Å². The Bertz CT molecular complexity index is 1370. The Balaban J connectivity index is 0.000000285. The van der Waals surface area contributed by atoms with Crippen molar-refractivity contribution in [3.63, 3.8) is 0 Å². The minimum absolute atomic E-state index is 0.184. The van der Waals surface area contributed by atoms with Crippen LogP contribution in [0.3, 0.4) is 0 Å². The molecule has 0 aliphatic rings. The fraction of sp³-hybridized carbons (Fsp3) is 0. The van der Waals surface area contributed by atoms with Crippen molar-refractivity contribution in [1.29, 1.82) is 0 Å². The van der Waals surface area contributed by atoms with Gasteiger partial charge in [-0.3, -0.25) is 0 Å². The molecular formula is C21H11BrCl2F6N2O6. The normalized spacial score (nSPS) is 10.0. The van der Waals surface area contributed by atoms with Gasteiger partial charge in [0.2, 0.25) is 0 Å². The van der Waals surface area contributed by atoms with Crippen LogP contribution in [0, 0.1) is 34.9 Å². The molecule has 3 rings (SSSR count). The van der Waals surface area contributed by atoms with Crippen molar-refractivity contribution in [2.24, 2.45) is 0 Å². The Hall–Kier alpha value is -3.69. The molecular weight excluding hydrogens is 641 g/mol. The Morgan fingerprint density at radius 3 is 1.47 bits per heavy atom. The number of anilines is 2. The van der Waals surface area contributed by atoms with Gasteiger partial charge in [0, 0.05) is 0 Å². The van der Waals surface area contributed by atoms with E-state index in [9.17, 15) is 40.7 Å². The number of benzene rings is 3. The van der Waals surface area contributed by atoms with Crippen molar-refractivity contribution in [2.45, 2.75) is 0 Å². The molecule has 0 spiro atoms. The predicted octanol–water partition coefficient (Wildman–Crippen LogP) is 6.22. The van der Waals surface area contributed by atoms with Gasteiger partial charge >= 0.3 is 17.9 Å². The largest absolute Gasteiger partial charge is 0.478 e. The van der Waals surface area contributed by atoms with Gasteiger partial charge in [0.15, 0.2) is 34.9 Å². The zero-order chi connectivity index (χ0) is 29.6. The fourth-order valence-corrected chi connectivity index (χ4v) is 2.90. The molecule has 17 heteroatoms. The lowest BCUT2D eigenvalue weighted by atomic mass is 10.2. The zero-order valence-electron chi connectivity index (χ0n) is 17.9. The summed E-state index contributed by atoms with van der Waals surface area (Å²) in [5.74, 6) is -13.1. The van der Waals surface area contributed by atoms with Gasteiger partial charge in [-0.15, -0.1) is 0 Å². The quantitative estimate of drug-likeness (QED) is 0.0964. The number of rotatable bonds is 3. The Morgan fingerprint density at radius 1 is 0.632 bits per heavy atom. The van der Waals surface area contributed by atoms with E-state index in [2.05, 4.69) is 15.9 Å². The first kappa shape index (κ1) is 32.3. The topological polar surface area (TPSA) is 164 Å². The van der Waals surface area contributed by atoms with Gasteiger partial charge in [-0.05, 0) is 40.2 Å². The number of hydrogen-bond donors (Lipinski definition) is 5. The van der Waals surface area contributed by atoms with E-state index in [1.807, 2.05) is 0 Å². The summed E-state index contributed by atoms with van der Waals surface area (Å²) in [4.78, 5) is 30.9. The van der Waals surface area contributed by atoms with E-state index < -0.39 is 80.9 Å². The minimum atomic E-state index is -1.60. The Labute approximate surface area is 226 Å². The van der Waals surface area contributed by atoms with Gasteiger partial charge in [-0.1, -0.05) is 23.2 Å². The molecule has 7 N–H and O–H groups in total. The number of carboxylic acids is 3. The van der Waals surface area contributed by atoms with Crippen LogP contribution in [0.15, 0.2) is 28.7 Å². The van der Waals surface area contributed by atoms with Gasteiger partial charge in [-0.2, -0.15) is 0 Å². The molecule has 38 heavy (non-hydrogen) atoms. The number of nitrogen functional groups attached to an aromatic ring is 2. The second-order valence-corrected chi connectivity index (χ2v) is 8.15. The molecule has 0 bridgehead atoms. The van der Waals surface area contributed by atoms with Crippen LogP contribution in [0.2, 0.25) is 10.0 Å². The average molecular weight is 652 g/mol. The van der Waals surface area contributed by atoms with Crippen LogP contribution in [0.4, 0.5) is 37.7 Å². The molecule has 0 aromatic heterocycles. The van der Waals surface area contributed by atoms with Crippen molar-refractivity contribution in [3.05, 3.63) is 90.4 Å². The number of carbonyl (C=O) groups is 3. The minimum Gasteiger partial charge on any atom is -0.478 e. The second kappa shape index (κ2) is 13.2. The number of carboxylic acid groups (broad SMARTS) is 3. The van der Waals surface area contributed by atoms with Crippen LogP contribution in [0.5, 0.6) is 0 Å². The molecule has 3 aromatic rings. The molecule has 0 fully saturated rings. The first-order valence-electron chi connectivity index (χ1n) is 9.13. The molecule has 0 amide bonds. The third-order valence-corrected chi connectivity index (χ3v) is 5.71. The maximum atomic E-state index is 12.8. The summed E-state index contributed by atoms with van der Waals surface area (Å²) in [5, 5.41) is 24.7. The van der Waals surface area contributed by atoms with E-state index in [0.29, 0.717) is 0 Å². The van der Waals surface area contributed by atoms with E-state index >= 15 is 0 Å². The monoisotopic (exact) mass is 650 g/mol. The number of halogens is 9. The summed E-state index contributed by atoms with van der Waals surface area (Å²) in [7, 11) is 0. The number of hydrogen-bond acceptors (Lipinski definition) is 5. The summed E-state index contributed by atoms with van der Waals surface area (Å²) in [6.07, 6.45) is 0. The molecule has 0 saturated carbocycles. The maximum Gasteiger partial charge on any atom is 0.338 e. The van der Waals surface area contributed by atoms with Crippen molar-refractivity contribution in [2.75, 3.05) is 11.5 Å². The van der Waals surface area contributed by atoms with Gasteiger partial charge in [-0.25, -0.2) is 40.7 Å². The Kier molecular flexibility index (Phi) is 11.2. The Morgan fingerprint density at radius 2 is 1.03 bits per heavy atom. The molecule has 204 valence electrons. The summed E-state index contributed by atoms with van der Waals surface area (Å²) in [6, 6.07) is 3.52. The van der Waals surface area contributed by atoms with Crippen molar-refractivity contribution < 1.29 is 56.0 Å². The third kappa shape index (κ3) is 7.43. The highest BCUT2D eigenvalue weighted by atomic mass is 79.9. The molecule has 0 aliphatic carbocycles. The molecule has 3 aromatic carbocycles. The fourth-order valence-electron chi connectivity index (χ4n) is 2.22. The highest BCUT2D eigenvalue weighted by molar-refractivity contribution is 9.10. The number of nitrogens with two attached hydrogens (primary N) is 2. The number of aromatic carboxylic acids is 3. The van der Waals surface area contributed by atoms with Crippen LogP contribution >= 0.6 is 39.1 Å². The summed E-state index contributed by atoms with van der Waals surface area (Å²) in [5.41, 5.74) is 6.65. The van der Waals surface area contributed by atoms with Crippen molar-refractivity contribution in [1.82, 2.24) is 0 Å². The summed E-state index contributed by atoms with van der Waals surface area (Å²) < 4.78 is 76.2. The summed E-state index contributed by atoms with van der Waals surface area (Å²) in [6.45, 7) is 0. The summed E-state index contributed by atoms with van der Waals surface area (Å²) >= 11 is 13.4. The molecule has 0 atom stereocenters. The van der Waals surface area contributed by atoms with Gasteiger partial charge in [0.05, 0.1) is 42.6 Å². The lowest BCUT2D eigenvalue weighted by molar-refractivity contribution is 0.0679. The smallest absolute Gasteiger partial charge is 0.338 e. The second-order valence-electron chi connectivity index (χ2n) is 6.54. The van der Waals surface area contributed by atoms with Gasteiger partial charge < -0.3 is 26.8 Å². The predicted molar refractivity (Wildman–Crippen MR) is 126 cm³/mol. The van der Waals surface area contributed by atoms with E-state index in [1.54, 1.807) is 0 Å². The molecule has 0 heterocycles. The maximum absolute atomic E-state index is 12.8. The van der Waals surface area contributed by atoms with Crippen LogP contribution < -0.4 is 11.5 Å². The lowest BCUT2D eigenvalue weighted by Gasteiger charge is -2.03. The van der Waals surface area contributed by atoms with Crippen LogP contribution in [-0.4, -0.2) is 33.2 Å². The third-order valence-electron chi connectivity index (χ3n) is 4.10. The van der Waals surface area contributed by atoms with Crippen LogP contribution in [0.25, 0.3) is 0 Å².